The fourth-order valence-electron chi connectivity index (χ4n) is 2.93. The van der Waals surface area contributed by atoms with Crippen molar-refractivity contribution in [3.8, 4) is 0 Å². The van der Waals surface area contributed by atoms with Gasteiger partial charge in [0.1, 0.15) is 0 Å². The number of rotatable bonds is 18. The predicted molar refractivity (Wildman–Crippen MR) is 105 cm³/mol. The Kier molecular flexibility index (Phi) is 25.8. The van der Waals surface area contributed by atoms with Gasteiger partial charge in [-0.1, -0.05) is 96.8 Å². The molecule has 140 valence electrons. The van der Waals surface area contributed by atoms with E-state index in [2.05, 4.69) is 6.92 Å². The van der Waals surface area contributed by atoms with Gasteiger partial charge in [0.25, 0.3) is 0 Å². The quantitative estimate of drug-likeness (QED) is 0.168. The topological polar surface area (TPSA) is 26.3 Å². The van der Waals surface area contributed by atoms with Crippen molar-refractivity contribution < 1.29 is 29.0 Å². The molecule has 0 unspecified atom stereocenters. The van der Waals surface area contributed by atoms with Crippen LogP contribution >= 0.6 is 0 Å². The molecule has 2 nitrogen and oxygen atoms in total. The van der Waals surface area contributed by atoms with Crippen LogP contribution < -0.4 is 0 Å². The molecule has 0 spiro atoms. The summed E-state index contributed by atoms with van der Waals surface area (Å²) in [6, 6.07) is 1.06. The van der Waals surface area contributed by atoms with Crippen molar-refractivity contribution >= 4 is 16.2 Å². The summed E-state index contributed by atoms with van der Waals surface area (Å²) in [5, 5.41) is 0. The standard InChI is InChI=1S/C20H42O2Si.Zn/c1-2-3-4-5-6-7-8-9-10-11-12-13-14-15-16-17-20(21)22-18-19-23;/h2-19H2,1,23H3;. The zero-order valence-corrected chi connectivity index (χ0v) is 21.7. The van der Waals surface area contributed by atoms with E-state index in [1.54, 1.807) is 0 Å². The van der Waals surface area contributed by atoms with Crippen molar-refractivity contribution in [2.24, 2.45) is 0 Å². The van der Waals surface area contributed by atoms with E-state index in [0.717, 1.165) is 22.7 Å². The Balaban J connectivity index is 0. The molecule has 0 aromatic carbocycles. The molecule has 0 aromatic rings. The van der Waals surface area contributed by atoms with Crippen LogP contribution in [0.25, 0.3) is 0 Å². The Labute approximate surface area is 167 Å². The minimum Gasteiger partial charge on any atom is -0.466 e. The largest absolute Gasteiger partial charge is 0.466 e. The van der Waals surface area contributed by atoms with Gasteiger partial charge in [0.05, 0.1) is 6.61 Å². The molecule has 0 saturated heterocycles. The summed E-state index contributed by atoms with van der Waals surface area (Å²) in [5.41, 5.74) is 0. The predicted octanol–water partition coefficient (Wildman–Crippen LogP) is 5.57. The van der Waals surface area contributed by atoms with Gasteiger partial charge in [-0.3, -0.25) is 4.79 Å². The van der Waals surface area contributed by atoms with Gasteiger partial charge in [0.15, 0.2) is 0 Å². The Morgan fingerprint density at radius 1 is 0.708 bits per heavy atom. The molecule has 0 saturated carbocycles. The monoisotopic (exact) mass is 406 g/mol. The number of hydrogen-bond donors (Lipinski definition) is 0. The van der Waals surface area contributed by atoms with Crippen molar-refractivity contribution in [3.05, 3.63) is 0 Å². The van der Waals surface area contributed by atoms with E-state index in [-0.39, 0.29) is 25.4 Å². The molecule has 0 radical (unpaired) electrons. The van der Waals surface area contributed by atoms with E-state index < -0.39 is 0 Å². The Hall–Kier alpha value is 0.310. The van der Waals surface area contributed by atoms with Gasteiger partial charge in [-0.2, -0.15) is 0 Å². The molecular weight excluding hydrogens is 366 g/mol. The average Bonchev–Trinajstić information content (AvgIpc) is 2.56. The summed E-state index contributed by atoms with van der Waals surface area (Å²) in [5.74, 6) is 0.00976. The number of esters is 1. The second-order valence-electron chi connectivity index (χ2n) is 6.92. The first-order chi connectivity index (χ1) is 11.3. The molecule has 0 aliphatic heterocycles. The molecule has 0 amide bonds. The third-order valence-corrected chi connectivity index (χ3v) is 4.86. The maximum atomic E-state index is 11.3. The van der Waals surface area contributed by atoms with Gasteiger partial charge in [-0.15, -0.1) is 0 Å². The van der Waals surface area contributed by atoms with Crippen LogP contribution in [-0.4, -0.2) is 22.8 Å². The molecule has 4 heteroatoms. The van der Waals surface area contributed by atoms with Crippen LogP contribution in [0.15, 0.2) is 0 Å². The molecule has 0 atom stereocenters. The Morgan fingerprint density at radius 3 is 1.46 bits per heavy atom. The zero-order chi connectivity index (χ0) is 17.0. The smallest absolute Gasteiger partial charge is 0.305 e. The van der Waals surface area contributed by atoms with Crippen LogP contribution in [-0.2, 0) is 29.0 Å². The first-order valence-electron chi connectivity index (χ1n) is 10.5. The van der Waals surface area contributed by atoms with E-state index in [4.69, 9.17) is 4.74 Å². The number of unbranched alkanes of at least 4 members (excludes halogenated alkanes) is 14. The van der Waals surface area contributed by atoms with Crippen molar-refractivity contribution in [3.63, 3.8) is 0 Å². The SMILES string of the molecule is CCCCCCCCCCCCCCCCCC(=O)OCC[SiH3].[Zn]. The van der Waals surface area contributed by atoms with Crippen LogP contribution in [0.1, 0.15) is 110 Å². The molecule has 0 N–H and O–H groups in total. The van der Waals surface area contributed by atoms with Crippen molar-refractivity contribution in [1.82, 2.24) is 0 Å². The number of carbonyl (C=O) groups excluding carboxylic acids is 1. The van der Waals surface area contributed by atoms with Gasteiger partial charge >= 0.3 is 5.97 Å². The first kappa shape index (κ1) is 26.5. The summed E-state index contributed by atoms with van der Waals surface area (Å²) < 4.78 is 5.11. The van der Waals surface area contributed by atoms with Crippen molar-refractivity contribution in [1.29, 1.82) is 0 Å². The summed E-state index contributed by atoms with van der Waals surface area (Å²) >= 11 is 0. The summed E-state index contributed by atoms with van der Waals surface area (Å²) in [6.07, 6.45) is 21.1. The van der Waals surface area contributed by atoms with Gasteiger partial charge in [0.2, 0.25) is 0 Å². The van der Waals surface area contributed by atoms with E-state index >= 15 is 0 Å². The molecule has 0 fully saturated rings. The van der Waals surface area contributed by atoms with Crippen LogP contribution in [0.2, 0.25) is 6.04 Å². The van der Waals surface area contributed by atoms with E-state index in [0.29, 0.717) is 13.0 Å². The number of carbonyl (C=O) groups is 1. The Morgan fingerprint density at radius 2 is 1.08 bits per heavy atom. The third kappa shape index (κ3) is 22.3. The second kappa shape index (κ2) is 23.3. The van der Waals surface area contributed by atoms with Crippen molar-refractivity contribution in [2.45, 2.75) is 116 Å². The third-order valence-electron chi connectivity index (χ3n) is 4.45. The van der Waals surface area contributed by atoms with Gasteiger partial charge in [0, 0.05) is 36.1 Å². The molecule has 0 aliphatic rings. The second-order valence-corrected chi connectivity index (χ2v) is 7.92. The van der Waals surface area contributed by atoms with Crippen LogP contribution in [0.5, 0.6) is 0 Å². The minimum absolute atomic E-state index is 0. The van der Waals surface area contributed by atoms with Crippen LogP contribution in [0.3, 0.4) is 0 Å². The van der Waals surface area contributed by atoms with E-state index in [1.165, 1.54) is 89.9 Å². The van der Waals surface area contributed by atoms with E-state index in [1.807, 2.05) is 0 Å². The molecule has 24 heavy (non-hydrogen) atoms. The molecular formula is C20H42O2SiZn. The van der Waals surface area contributed by atoms with Gasteiger partial charge in [-0.25, -0.2) is 0 Å². The zero-order valence-electron chi connectivity index (χ0n) is 16.8. The Bertz CT molecular complexity index is 250. The normalized spacial score (nSPS) is 10.5. The maximum Gasteiger partial charge on any atom is 0.305 e. The fourth-order valence-corrected chi connectivity index (χ4v) is 3.13. The molecule has 0 aliphatic carbocycles. The summed E-state index contributed by atoms with van der Waals surface area (Å²) in [6.45, 7) is 2.92. The first-order valence-corrected chi connectivity index (χ1v) is 11.9. The van der Waals surface area contributed by atoms with Crippen LogP contribution in [0, 0.1) is 0 Å². The van der Waals surface area contributed by atoms with Crippen molar-refractivity contribution in [2.75, 3.05) is 6.61 Å². The van der Waals surface area contributed by atoms with Gasteiger partial charge in [-0.05, 0) is 12.5 Å². The average molecular weight is 408 g/mol. The van der Waals surface area contributed by atoms with Crippen LogP contribution in [0.4, 0.5) is 0 Å². The molecule has 0 bridgehead atoms. The van der Waals surface area contributed by atoms with Gasteiger partial charge < -0.3 is 4.74 Å². The van der Waals surface area contributed by atoms with E-state index in [9.17, 15) is 4.79 Å². The maximum absolute atomic E-state index is 11.3. The molecule has 0 aromatic heterocycles. The fraction of sp³-hybridized carbons (Fsp3) is 0.950. The molecule has 0 rings (SSSR count). The number of hydrogen-bond acceptors (Lipinski definition) is 2. The minimum atomic E-state index is 0. The number of ether oxygens (including phenoxy) is 1. The summed E-state index contributed by atoms with van der Waals surface area (Å²) in [4.78, 5) is 11.3. The summed E-state index contributed by atoms with van der Waals surface area (Å²) in [7, 11) is 1.12. The molecule has 0 heterocycles.